The van der Waals surface area contributed by atoms with Crippen LogP contribution in [-0.2, 0) is 14.3 Å². The lowest BCUT2D eigenvalue weighted by atomic mass is 10.1. The van der Waals surface area contributed by atoms with E-state index in [0.717, 1.165) is 0 Å². The highest BCUT2D eigenvalue weighted by Crippen LogP contribution is 2.30. The molecule has 0 N–H and O–H groups in total. The van der Waals surface area contributed by atoms with Crippen LogP contribution in [0.25, 0.3) is 0 Å². The van der Waals surface area contributed by atoms with E-state index >= 15 is 0 Å². The standard InChI is InChI=1S/C17H25NO6/c1-6-23-16(19)8-12(3)18(17(20)24-7-2)13-9-14(21-4)11-15(10-13)22-5/h9-12H,6-8H2,1-5H3. The van der Waals surface area contributed by atoms with Gasteiger partial charge in [0.25, 0.3) is 0 Å². The molecule has 0 aromatic heterocycles. The number of anilines is 1. The Morgan fingerprint density at radius 3 is 2.00 bits per heavy atom. The number of ether oxygens (including phenoxy) is 4. The fraction of sp³-hybridized carbons (Fsp3) is 0.529. The maximum Gasteiger partial charge on any atom is 0.414 e. The van der Waals surface area contributed by atoms with E-state index in [2.05, 4.69) is 0 Å². The van der Waals surface area contributed by atoms with Gasteiger partial charge in [-0.2, -0.15) is 0 Å². The van der Waals surface area contributed by atoms with Crippen LogP contribution in [0.2, 0.25) is 0 Å². The highest BCUT2D eigenvalue weighted by molar-refractivity contribution is 5.90. The monoisotopic (exact) mass is 339 g/mol. The summed E-state index contributed by atoms with van der Waals surface area (Å²) in [6.45, 7) is 5.72. The molecule has 0 saturated carbocycles. The molecule has 24 heavy (non-hydrogen) atoms. The normalized spacial score (nSPS) is 11.4. The van der Waals surface area contributed by atoms with Crippen LogP contribution >= 0.6 is 0 Å². The molecule has 0 aliphatic carbocycles. The number of amides is 1. The molecule has 0 saturated heterocycles. The molecule has 0 aliphatic heterocycles. The lowest BCUT2D eigenvalue weighted by molar-refractivity contribution is -0.143. The molecule has 7 nitrogen and oxygen atoms in total. The Morgan fingerprint density at radius 1 is 1.00 bits per heavy atom. The van der Waals surface area contributed by atoms with E-state index in [0.29, 0.717) is 17.2 Å². The number of carbonyl (C=O) groups is 2. The van der Waals surface area contributed by atoms with Gasteiger partial charge >= 0.3 is 12.1 Å². The van der Waals surface area contributed by atoms with Gasteiger partial charge in [0.1, 0.15) is 11.5 Å². The van der Waals surface area contributed by atoms with Gasteiger partial charge in [0, 0.05) is 24.2 Å². The van der Waals surface area contributed by atoms with Gasteiger partial charge in [-0.05, 0) is 20.8 Å². The van der Waals surface area contributed by atoms with E-state index in [1.165, 1.54) is 19.1 Å². The summed E-state index contributed by atoms with van der Waals surface area (Å²) in [6, 6.07) is 4.60. The first-order chi connectivity index (χ1) is 11.5. The van der Waals surface area contributed by atoms with Crippen LogP contribution in [0.5, 0.6) is 11.5 Å². The molecule has 0 bridgehead atoms. The smallest absolute Gasteiger partial charge is 0.414 e. The molecule has 0 aliphatic rings. The first-order valence-corrected chi connectivity index (χ1v) is 7.81. The molecule has 0 radical (unpaired) electrons. The number of methoxy groups -OCH3 is 2. The number of hydrogen-bond donors (Lipinski definition) is 0. The molecule has 134 valence electrons. The summed E-state index contributed by atoms with van der Waals surface area (Å²) in [6.07, 6.45) is -0.503. The quantitative estimate of drug-likeness (QED) is 0.678. The van der Waals surface area contributed by atoms with Gasteiger partial charge < -0.3 is 18.9 Å². The predicted molar refractivity (Wildman–Crippen MR) is 89.8 cm³/mol. The zero-order valence-electron chi connectivity index (χ0n) is 14.8. The van der Waals surface area contributed by atoms with Crippen molar-refractivity contribution >= 4 is 17.7 Å². The van der Waals surface area contributed by atoms with Gasteiger partial charge in [0.15, 0.2) is 0 Å². The third-order valence-electron chi connectivity index (χ3n) is 3.29. The Bertz CT molecular complexity index is 538. The molecule has 1 aromatic rings. The summed E-state index contributed by atoms with van der Waals surface area (Å²) in [5.41, 5.74) is 0.515. The molecule has 0 fully saturated rings. The first-order valence-electron chi connectivity index (χ1n) is 7.81. The number of hydrogen-bond acceptors (Lipinski definition) is 6. The van der Waals surface area contributed by atoms with Crippen molar-refractivity contribution in [1.82, 2.24) is 0 Å². The molecule has 7 heteroatoms. The minimum Gasteiger partial charge on any atom is -0.497 e. The summed E-state index contributed by atoms with van der Waals surface area (Å²) >= 11 is 0. The lowest BCUT2D eigenvalue weighted by Crippen LogP contribution is -2.40. The van der Waals surface area contributed by atoms with Crippen LogP contribution in [0, 0.1) is 0 Å². The summed E-state index contributed by atoms with van der Waals surface area (Å²) < 4.78 is 20.6. The van der Waals surface area contributed by atoms with E-state index in [1.807, 2.05) is 0 Å². The Kier molecular flexibility index (Phi) is 7.88. The van der Waals surface area contributed by atoms with Crippen molar-refractivity contribution in [1.29, 1.82) is 0 Å². The molecule has 1 amide bonds. The predicted octanol–water partition coefficient (Wildman–Crippen LogP) is 3.01. The number of nitrogens with zero attached hydrogens (tertiary/aromatic N) is 1. The van der Waals surface area contributed by atoms with Crippen molar-refractivity contribution in [3.63, 3.8) is 0 Å². The average molecular weight is 339 g/mol. The Morgan fingerprint density at radius 2 is 1.54 bits per heavy atom. The molecule has 1 aromatic carbocycles. The van der Waals surface area contributed by atoms with Crippen LogP contribution in [0.4, 0.5) is 10.5 Å². The largest absolute Gasteiger partial charge is 0.497 e. The highest BCUT2D eigenvalue weighted by Gasteiger charge is 2.26. The van der Waals surface area contributed by atoms with Gasteiger partial charge in [0.2, 0.25) is 0 Å². The maximum atomic E-state index is 12.4. The van der Waals surface area contributed by atoms with Crippen molar-refractivity contribution in [2.75, 3.05) is 32.3 Å². The van der Waals surface area contributed by atoms with Crippen molar-refractivity contribution in [3.8, 4) is 11.5 Å². The van der Waals surface area contributed by atoms with Gasteiger partial charge in [-0.15, -0.1) is 0 Å². The van der Waals surface area contributed by atoms with E-state index < -0.39 is 12.1 Å². The molecule has 0 heterocycles. The lowest BCUT2D eigenvalue weighted by Gasteiger charge is -2.28. The topological polar surface area (TPSA) is 74.3 Å². The van der Waals surface area contributed by atoms with E-state index in [1.54, 1.807) is 39.0 Å². The second kappa shape index (κ2) is 9.64. The Hall–Kier alpha value is -2.44. The number of carbonyl (C=O) groups excluding carboxylic acids is 2. The summed E-state index contributed by atoms with van der Waals surface area (Å²) in [4.78, 5) is 25.6. The van der Waals surface area contributed by atoms with Crippen LogP contribution in [0.15, 0.2) is 18.2 Å². The zero-order valence-corrected chi connectivity index (χ0v) is 14.8. The summed E-state index contributed by atoms with van der Waals surface area (Å²) in [7, 11) is 3.05. The molecule has 1 unspecified atom stereocenters. The van der Waals surface area contributed by atoms with E-state index in [-0.39, 0.29) is 25.6 Å². The maximum absolute atomic E-state index is 12.4. The van der Waals surface area contributed by atoms with E-state index in [9.17, 15) is 9.59 Å². The minimum atomic E-state index is -0.551. The minimum absolute atomic E-state index is 0.0478. The zero-order chi connectivity index (χ0) is 18.1. The third kappa shape index (κ3) is 5.33. The second-order valence-corrected chi connectivity index (χ2v) is 5.00. The number of esters is 1. The molecule has 1 atom stereocenters. The highest BCUT2D eigenvalue weighted by atomic mass is 16.6. The van der Waals surface area contributed by atoms with Gasteiger partial charge in [-0.25, -0.2) is 4.79 Å². The molecular formula is C17H25NO6. The van der Waals surface area contributed by atoms with Crippen LogP contribution < -0.4 is 14.4 Å². The van der Waals surface area contributed by atoms with Crippen LogP contribution in [0.3, 0.4) is 0 Å². The Balaban J connectivity index is 3.18. The fourth-order valence-corrected chi connectivity index (χ4v) is 2.22. The van der Waals surface area contributed by atoms with Crippen molar-refractivity contribution in [2.45, 2.75) is 33.2 Å². The average Bonchev–Trinajstić information content (AvgIpc) is 2.54. The number of benzene rings is 1. The van der Waals surface area contributed by atoms with Gasteiger partial charge in [-0.1, -0.05) is 0 Å². The molecular weight excluding hydrogens is 314 g/mol. The summed E-state index contributed by atoms with van der Waals surface area (Å²) in [5, 5.41) is 0. The van der Waals surface area contributed by atoms with E-state index in [4.69, 9.17) is 18.9 Å². The summed E-state index contributed by atoms with van der Waals surface area (Å²) in [5.74, 6) is 0.679. The first kappa shape index (κ1) is 19.6. The van der Waals surface area contributed by atoms with Crippen LogP contribution in [0.1, 0.15) is 27.2 Å². The Labute approximate surface area is 142 Å². The second-order valence-electron chi connectivity index (χ2n) is 5.00. The number of rotatable bonds is 8. The molecule has 0 spiro atoms. The van der Waals surface area contributed by atoms with Crippen LogP contribution in [-0.4, -0.2) is 45.5 Å². The van der Waals surface area contributed by atoms with Crippen molar-refractivity contribution in [2.24, 2.45) is 0 Å². The van der Waals surface area contributed by atoms with Crippen molar-refractivity contribution in [3.05, 3.63) is 18.2 Å². The third-order valence-corrected chi connectivity index (χ3v) is 3.29. The van der Waals surface area contributed by atoms with Crippen molar-refractivity contribution < 1.29 is 28.5 Å². The van der Waals surface area contributed by atoms with Gasteiger partial charge in [0.05, 0.1) is 39.5 Å². The van der Waals surface area contributed by atoms with Gasteiger partial charge in [-0.3, -0.25) is 9.69 Å². The molecule has 1 rings (SSSR count). The SMILES string of the molecule is CCOC(=O)CC(C)N(C(=O)OCC)c1cc(OC)cc(OC)c1. The fourth-order valence-electron chi connectivity index (χ4n) is 2.22.